The molecular weight excluding hydrogens is 196 g/mol. The highest BCUT2D eigenvalue weighted by molar-refractivity contribution is 8.20. The minimum Gasteiger partial charge on any atom is -0.461 e. The maximum atomic E-state index is 10.7. The fourth-order valence-electron chi connectivity index (χ4n) is 1.19. The van der Waals surface area contributed by atoms with Gasteiger partial charge in [-0.2, -0.15) is 0 Å². The Kier molecular flexibility index (Phi) is 3.18. The van der Waals surface area contributed by atoms with E-state index in [-0.39, 0.29) is 6.61 Å². The average molecular weight is 210 g/mol. The van der Waals surface area contributed by atoms with Gasteiger partial charge in [-0.05, 0) is 6.92 Å². The van der Waals surface area contributed by atoms with Gasteiger partial charge in [0.2, 0.25) is 0 Å². The molecule has 1 aliphatic heterocycles. The first-order valence-corrected chi connectivity index (χ1v) is 5.55. The zero-order valence-electron chi connectivity index (χ0n) is 7.60. The van der Waals surface area contributed by atoms with Crippen LogP contribution in [0.15, 0.2) is 0 Å². The van der Waals surface area contributed by atoms with Crippen molar-refractivity contribution in [3.63, 3.8) is 0 Å². The molecule has 0 aromatic rings. The van der Waals surface area contributed by atoms with Crippen molar-refractivity contribution in [3.05, 3.63) is 0 Å². The van der Waals surface area contributed by atoms with E-state index in [2.05, 4.69) is 0 Å². The third-order valence-corrected chi connectivity index (χ3v) is 3.77. The van der Waals surface area contributed by atoms with Crippen LogP contribution >= 0.6 is 10.9 Å². The van der Waals surface area contributed by atoms with E-state index >= 15 is 0 Å². The van der Waals surface area contributed by atoms with Crippen molar-refractivity contribution < 1.29 is 22.8 Å². The number of carbonyl (C=O) groups is 1. The van der Waals surface area contributed by atoms with Gasteiger partial charge in [-0.3, -0.25) is 8.98 Å². The Hall–Kier alpha value is -0.300. The van der Waals surface area contributed by atoms with Gasteiger partial charge in [-0.15, -0.1) is 0 Å². The van der Waals surface area contributed by atoms with Crippen LogP contribution in [-0.4, -0.2) is 33.0 Å². The van der Waals surface area contributed by atoms with Crippen molar-refractivity contribution in [1.82, 2.24) is 0 Å². The normalized spacial score (nSPS) is 35.1. The molecule has 1 aliphatic rings. The van der Waals surface area contributed by atoms with Crippen LogP contribution in [-0.2, 0) is 13.7 Å². The number of hydrogen-bond acceptors (Lipinski definition) is 5. The summed E-state index contributed by atoms with van der Waals surface area (Å²) in [7, 11) is -3.03. The molecule has 78 valence electrons. The largest absolute Gasteiger partial charge is 0.461 e. The molecule has 2 N–H and O–H groups in total. The van der Waals surface area contributed by atoms with E-state index < -0.39 is 28.2 Å². The highest BCUT2D eigenvalue weighted by Crippen LogP contribution is 2.50. The van der Waals surface area contributed by atoms with Crippen LogP contribution in [0.2, 0.25) is 0 Å². The highest BCUT2D eigenvalue weighted by atomic mass is 32.3. The van der Waals surface area contributed by atoms with Gasteiger partial charge < -0.3 is 13.8 Å². The summed E-state index contributed by atoms with van der Waals surface area (Å²) in [6.07, 6.45) is 0.0626. The molecule has 0 amide bonds. The Morgan fingerprint density at radius 1 is 1.62 bits per heavy atom. The second kappa shape index (κ2) is 3.83. The van der Waals surface area contributed by atoms with E-state index in [0.717, 1.165) is 0 Å². The van der Waals surface area contributed by atoms with E-state index in [1.54, 1.807) is 6.92 Å². The SMILES string of the molecule is CC(=O)OC1CCOS(O)(O)C1C. The molecular formula is C7H14O5S. The summed E-state index contributed by atoms with van der Waals surface area (Å²) in [6.45, 7) is 3.11. The molecule has 5 nitrogen and oxygen atoms in total. The molecule has 1 saturated heterocycles. The highest BCUT2D eigenvalue weighted by Gasteiger charge is 2.39. The van der Waals surface area contributed by atoms with Crippen LogP contribution in [0.3, 0.4) is 0 Å². The Labute approximate surface area is 78.6 Å². The Bertz CT molecular complexity index is 205. The molecule has 2 unspecified atom stereocenters. The van der Waals surface area contributed by atoms with Gasteiger partial charge in [0.15, 0.2) is 0 Å². The topological polar surface area (TPSA) is 76.0 Å². The summed E-state index contributed by atoms with van der Waals surface area (Å²) >= 11 is 0. The van der Waals surface area contributed by atoms with Crippen LogP contribution in [0.1, 0.15) is 20.3 Å². The van der Waals surface area contributed by atoms with Gasteiger partial charge in [0.05, 0.1) is 22.7 Å². The second-order valence-corrected chi connectivity index (χ2v) is 5.06. The molecule has 0 radical (unpaired) electrons. The fraction of sp³-hybridized carbons (Fsp3) is 0.857. The molecule has 0 saturated carbocycles. The summed E-state index contributed by atoms with van der Waals surface area (Å²) in [5.74, 6) is -0.408. The molecule has 0 spiro atoms. The maximum Gasteiger partial charge on any atom is 0.302 e. The summed E-state index contributed by atoms with van der Waals surface area (Å²) in [4.78, 5) is 10.7. The van der Waals surface area contributed by atoms with E-state index in [1.807, 2.05) is 0 Å². The lowest BCUT2D eigenvalue weighted by atomic mass is 10.2. The van der Waals surface area contributed by atoms with Crippen LogP contribution < -0.4 is 0 Å². The molecule has 0 aliphatic carbocycles. The zero-order valence-corrected chi connectivity index (χ0v) is 8.41. The van der Waals surface area contributed by atoms with Crippen molar-refractivity contribution in [2.24, 2.45) is 0 Å². The molecule has 0 aromatic carbocycles. The summed E-state index contributed by atoms with van der Waals surface area (Å²) in [5.41, 5.74) is 0. The molecule has 2 atom stereocenters. The maximum absolute atomic E-state index is 10.7. The van der Waals surface area contributed by atoms with E-state index in [4.69, 9.17) is 8.92 Å². The lowest BCUT2D eigenvalue weighted by Gasteiger charge is -2.40. The predicted molar refractivity (Wildman–Crippen MR) is 48.4 cm³/mol. The third-order valence-electron chi connectivity index (χ3n) is 1.98. The van der Waals surface area contributed by atoms with Crippen molar-refractivity contribution >= 4 is 16.8 Å². The van der Waals surface area contributed by atoms with Crippen molar-refractivity contribution in [2.45, 2.75) is 31.6 Å². The molecule has 1 rings (SSSR count). The lowest BCUT2D eigenvalue weighted by Crippen LogP contribution is -2.38. The second-order valence-electron chi connectivity index (χ2n) is 3.00. The molecule has 0 aromatic heterocycles. The Morgan fingerprint density at radius 3 is 2.77 bits per heavy atom. The molecule has 13 heavy (non-hydrogen) atoms. The molecule has 0 bridgehead atoms. The minimum absolute atomic E-state index is 0.213. The minimum atomic E-state index is -3.03. The summed E-state index contributed by atoms with van der Waals surface area (Å²) in [5, 5.41) is -0.551. The van der Waals surface area contributed by atoms with Crippen molar-refractivity contribution in [1.29, 1.82) is 0 Å². The van der Waals surface area contributed by atoms with Crippen LogP contribution in [0, 0.1) is 0 Å². The number of rotatable bonds is 1. The van der Waals surface area contributed by atoms with Gasteiger partial charge in [-0.1, -0.05) is 0 Å². The lowest BCUT2D eigenvalue weighted by molar-refractivity contribution is -0.147. The fourth-order valence-corrected chi connectivity index (χ4v) is 2.34. The van der Waals surface area contributed by atoms with Crippen LogP contribution in [0.4, 0.5) is 0 Å². The van der Waals surface area contributed by atoms with Crippen LogP contribution in [0.25, 0.3) is 0 Å². The monoisotopic (exact) mass is 210 g/mol. The number of ether oxygens (including phenoxy) is 1. The number of esters is 1. The third kappa shape index (κ3) is 2.57. The smallest absolute Gasteiger partial charge is 0.302 e. The predicted octanol–water partition coefficient (Wildman–Crippen LogP) is 1.39. The van der Waals surface area contributed by atoms with Gasteiger partial charge in [0.25, 0.3) is 0 Å². The van der Waals surface area contributed by atoms with Gasteiger partial charge in [0, 0.05) is 13.3 Å². The van der Waals surface area contributed by atoms with E-state index in [9.17, 15) is 13.9 Å². The molecule has 6 heteroatoms. The van der Waals surface area contributed by atoms with Gasteiger partial charge in [-0.25, -0.2) is 0 Å². The van der Waals surface area contributed by atoms with E-state index in [0.29, 0.717) is 6.42 Å². The molecule has 1 heterocycles. The standard InChI is InChI=1S/C7H14O5S/c1-5-7(12-6(2)8)3-4-11-13(5,9)10/h5,7,9-10H,3-4H2,1-2H3. The average Bonchev–Trinajstić information content (AvgIpc) is 1.98. The first kappa shape index (κ1) is 10.8. The first-order chi connectivity index (χ1) is 5.93. The molecule has 1 fully saturated rings. The number of hydrogen-bond donors (Lipinski definition) is 2. The first-order valence-electron chi connectivity index (χ1n) is 4.02. The Morgan fingerprint density at radius 2 is 2.23 bits per heavy atom. The quantitative estimate of drug-likeness (QED) is 0.640. The van der Waals surface area contributed by atoms with Crippen molar-refractivity contribution in [2.75, 3.05) is 6.61 Å². The van der Waals surface area contributed by atoms with Crippen molar-refractivity contribution in [3.8, 4) is 0 Å². The number of carbonyl (C=O) groups excluding carboxylic acids is 1. The van der Waals surface area contributed by atoms with Gasteiger partial charge >= 0.3 is 5.97 Å². The van der Waals surface area contributed by atoms with Gasteiger partial charge in [0.1, 0.15) is 6.10 Å². The summed E-state index contributed by atoms with van der Waals surface area (Å²) in [6, 6.07) is 0. The summed E-state index contributed by atoms with van der Waals surface area (Å²) < 4.78 is 28.4. The Balaban J connectivity index is 2.60. The van der Waals surface area contributed by atoms with E-state index in [1.165, 1.54) is 6.92 Å². The van der Waals surface area contributed by atoms with Crippen LogP contribution in [0.5, 0.6) is 0 Å². The zero-order chi connectivity index (χ0) is 10.1.